The van der Waals surface area contributed by atoms with Crippen LogP contribution in [0, 0.1) is 5.92 Å². The fourth-order valence-corrected chi connectivity index (χ4v) is 1.63. The predicted molar refractivity (Wildman–Crippen MR) is 52.9 cm³/mol. The van der Waals surface area contributed by atoms with Gasteiger partial charge in [-0.05, 0) is 18.6 Å². The molecule has 4 heteroatoms. The summed E-state index contributed by atoms with van der Waals surface area (Å²) in [6.07, 6.45) is 2.65. The van der Waals surface area contributed by atoms with Gasteiger partial charge in [-0.25, -0.2) is 0 Å². The molecule has 1 saturated heterocycles. The lowest BCUT2D eigenvalue weighted by Crippen LogP contribution is -2.24. The van der Waals surface area contributed by atoms with Gasteiger partial charge in [0.15, 0.2) is 0 Å². The highest BCUT2D eigenvalue weighted by molar-refractivity contribution is 5.00. The Morgan fingerprint density at radius 1 is 1.57 bits per heavy atom. The summed E-state index contributed by atoms with van der Waals surface area (Å²) in [5, 5.41) is 11.3. The van der Waals surface area contributed by atoms with Crippen LogP contribution in [0.1, 0.15) is 5.69 Å². The fourth-order valence-electron chi connectivity index (χ4n) is 1.63. The maximum atomic E-state index is 5.47. The molecule has 1 aliphatic heterocycles. The van der Waals surface area contributed by atoms with Crippen LogP contribution in [-0.4, -0.2) is 36.5 Å². The lowest BCUT2D eigenvalue weighted by Gasteiger charge is -2.11. The van der Waals surface area contributed by atoms with Crippen LogP contribution in [0.4, 0.5) is 0 Å². The van der Waals surface area contributed by atoms with Crippen LogP contribution in [0.5, 0.6) is 0 Å². The van der Waals surface area contributed by atoms with Crippen LogP contribution in [0.2, 0.25) is 0 Å². The first kappa shape index (κ1) is 9.55. The summed E-state index contributed by atoms with van der Waals surface area (Å²) >= 11 is 0. The van der Waals surface area contributed by atoms with Crippen LogP contribution in [0.15, 0.2) is 18.3 Å². The minimum atomic E-state index is 0.522. The van der Waals surface area contributed by atoms with Crippen molar-refractivity contribution in [3.05, 3.63) is 24.0 Å². The molecule has 1 aliphatic rings. The SMILES string of the molecule is c1cnnc(CC2CNCCOC2)c1. The Morgan fingerprint density at radius 2 is 2.57 bits per heavy atom. The van der Waals surface area contributed by atoms with Gasteiger partial charge in [-0.15, -0.1) is 0 Å². The summed E-state index contributed by atoms with van der Waals surface area (Å²) in [5.74, 6) is 0.522. The highest BCUT2D eigenvalue weighted by Gasteiger charge is 2.13. The molecule has 1 atom stereocenters. The molecule has 1 aromatic rings. The number of hydrogen-bond acceptors (Lipinski definition) is 4. The van der Waals surface area contributed by atoms with Gasteiger partial charge in [0, 0.05) is 25.2 Å². The first-order valence-corrected chi connectivity index (χ1v) is 5.00. The Morgan fingerprint density at radius 3 is 3.43 bits per heavy atom. The van der Waals surface area contributed by atoms with Gasteiger partial charge in [-0.2, -0.15) is 10.2 Å². The summed E-state index contributed by atoms with van der Waals surface area (Å²) in [4.78, 5) is 0. The van der Waals surface area contributed by atoms with Gasteiger partial charge in [0.25, 0.3) is 0 Å². The normalized spacial score (nSPS) is 23.0. The van der Waals surface area contributed by atoms with Crippen molar-refractivity contribution in [3.8, 4) is 0 Å². The standard InChI is InChI=1S/C10H15N3O/c1-2-10(13-12-3-1)6-9-7-11-4-5-14-8-9/h1-3,9,11H,4-8H2. The predicted octanol–water partition coefficient (Wildman–Crippen LogP) is 0.255. The van der Waals surface area contributed by atoms with Gasteiger partial charge in [0.05, 0.1) is 18.9 Å². The molecule has 1 aromatic heterocycles. The minimum absolute atomic E-state index is 0.522. The number of nitrogens with one attached hydrogen (secondary N) is 1. The molecule has 2 rings (SSSR count). The third-order valence-electron chi connectivity index (χ3n) is 2.34. The molecular formula is C10H15N3O. The second-order valence-corrected chi connectivity index (χ2v) is 3.56. The van der Waals surface area contributed by atoms with Crippen LogP contribution in [0.3, 0.4) is 0 Å². The Bertz CT molecular complexity index is 257. The van der Waals surface area contributed by atoms with E-state index in [0.29, 0.717) is 5.92 Å². The highest BCUT2D eigenvalue weighted by atomic mass is 16.5. The molecule has 0 radical (unpaired) electrons. The van der Waals surface area contributed by atoms with E-state index in [9.17, 15) is 0 Å². The van der Waals surface area contributed by atoms with Gasteiger partial charge in [0.2, 0.25) is 0 Å². The van der Waals surface area contributed by atoms with Crippen molar-refractivity contribution in [1.82, 2.24) is 15.5 Å². The molecule has 1 fully saturated rings. The van der Waals surface area contributed by atoms with Crippen LogP contribution >= 0.6 is 0 Å². The van der Waals surface area contributed by atoms with E-state index in [-0.39, 0.29) is 0 Å². The molecular weight excluding hydrogens is 178 g/mol. The number of ether oxygens (including phenoxy) is 1. The van der Waals surface area contributed by atoms with Gasteiger partial charge < -0.3 is 10.1 Å². The molecule has 0 bridgehead atoms. The van der Waals surface area contributed by atoms with E-state index >= 15 is 0 Å². The monoisotopic (exact) mass is 193 g/mol. The van der Waals surface area contributed by atoms with Gasteiger partial charge >= 0.3 is 0 Å². The van der Waals surface area contributed by atoms with Gasteiger partial charge in [0.1, 0.15) is 0 Å². The van der Waals surface area contributed by atoms with Crippen LogP contribution in [-0.2, 0) is 11.2 Å². The van der Waals surface area contributed by atoms with Crippen molar-refractivity contribution in [3.63, 3.8) is 0 Å². The molecule has 4 nitrogen and oxygen atoms in total. The summed E-state index contributed by atoms with van der Waals surface area (Å²) in [5.41, 5.74) is 1.05. The molecule has 76 valence electrons. The van der Waals surface area contributed by atoms with Gasteiger partial charge in [-0.3, -0.25) is 0 Å². The summed E-state index contributed by atoms with van der Waals surface area (Å²) in [6.45, 7) is 3.61. The third kappa shape index (κ3) is 2.75. The average molecular weight is 193 g/mol. The highest BCUT2D eigenvalue weighted by Crippen LogP contribution is 2.07. The Balaban J connectivity index is 1.90. The zero-order valence-corrected chi connectivity index (χ0v) is 8.15. The van der Waals surface area contributed by atoms with Crippen molar-refractivity contribution in [2.45, 2.75) is 6.42 Å². The Hall–Kier alpha value is -1.00. The third-order valence-corrected chi connectivity index (χ3v) is 2.34. The molecule has 1 N–H and O–H groups in total. The number of rotatable bonds is 2. The van der Waals surface area contributed by atoms with E-state index in [1.165, 1.54) is 0 Å². The molecule has 0 amide bonds. The minimum Gasteiger partial charge on any atom is -0.380 e. The smallest absolute Gasteiger partial charge is 0.0635 e. The molecule has 1 unspecified atom stereocenters. The Labute approximate surface area is 83.7 Å². The summed E-state index contributed by atoms with van der Waals surface area (Å²) < 4.78 is 5.47. The Kier molecular flexibility index (Phi) is 3.43. The molecule has 0 saturated carbocycles. The van der Waals surface area contributed by atoms with Crippen molar-refractivity contribution in [1.29, 1.82) is 0 Å². The van der Waals surface area contributed by atoms with E-state index in [2.05, 4.69) is 15.5 Å². The zero-order valence-electron chi connectivity index (χ0n) is 8.15. The second-order valence-electron chi connectivity index (χ2n) is 3.56. The largest absolute Gasteiger partial charge is 0.380 e. The van der Waals surface area contributed by atoms with Gasteiger partial charge in [-0.1, -0.05) is 0 Å². The maximum absolute atomic E-state index is 5.47. The van der Waals surface area contributed by atoms with E-state index in [0.717, 1.165) is 38.4 Å². The quantitative estimate of drug-likeness (QED) is 0.731. The maximum Gasteiger partial charge on any atom is 0.0635 e. The van der Waals surface area contributed by atoms with E-state index < -0.39 is 0 Å². The molecule has 14 heavy (non-hydrogen) atoms. The fraction of sp³-hybridized carbons (Fsp3) is 0.600. The first-order chi connectivity index (χ1) is 6.95. The van der Waals surface area contributed by atoms with Crippen molar-refractivity contribution >= 4 is 0 Å². The van der Waals surface area contributed by atoms with Crippen molar-refractivity contribution in [2.24, 2.45) is 5.92 Å². The van der Waals surface area contributed by atoms with E-state index in [1.807, 2.05) is 12.1 Å². The van der Waals surface area contributed by atoms with Crippen molar-refractivity contribution < 1.29 is 4.74 Å². The van der Waals surface area contributed by atoms with E-state index in [1.54, 1.807) is 6.20 Å². The van der Waals surface area contributed by atoms with E-state index in [4.69, 9.17) is 4.74 Å². The molecule has 0 spiro atoms. The average Bonchev–Trinajstić information content (AvgIpc) is 2.48. The molecule has 0 aliphatic carbocycles. The second kappa shape index (κ2) is 5.02. The first-order valence-electron chi connectivity index (χ1n) is 5.00. The lowest BCUT2D eigenvalue weighted by molar-refractivity contribution is 0.123. The summed E-state index contributed by atoms with van der Waals surface area (Å²) in [6, 6.07) is 3.94. The number of nitrogens with zero attached hydrogens (tertiary/aromatic N) is 2. The lowest BCUT2D eigenvalue weighted by atomic mass is 10.0. The molecule has 2 heterocycles. The molecule has 0 aromatic carbocycles. The van der Waals surface area contributed by atoms with Crippen molar-refractivity contribution in [2.75, 3.05) is 26.3 Å². The van der Waals surface area contributed by atoms with Crippen LogP contribution < -0.4 is 5.32 Å². The number of aromatic nitrogens is 2. The summed E-state index contributed by atoms with van der Waals surface area (Å²) in [7, 11) is 0. The topological polar surface area (TPSA) is 47.0 Å². The number of hydrogen-bond donors (Lipinski definition) is 1. The zero-order chi connectivity index (χ0) is 9.64. The van der Waals surface area contributed by atoms with Crippen LogP contribution in [0.25, 0.3) is 0 Å².